The van der Waals surface area contributed by atoms with Gasteiger partial charge in [-0.25, -0.2) is 9.59 Å². The zero-order chi connectivity index (χ0) is 14.8. The van der Waals surface area contributed by atoms with Gasteiger partial charge in [-0.1, -0.05) is 0 Å². The average Bonchev–Trinajstić information content (AvgIpc) is 2.91. The van der Waals surface area contributed by atoms with Crippen molar-refractivity contribution in [2.45, 2.75) is 25.3 Å². The van der Waals surface area contributed by atoms with E-state index in [0.717, 1.165) is 5.76 Å². The molecule has 1 atom stereocenters. The molecule has 1 rings (SSSR count). The number of aliphatic carboxylic acids is 1. The molecule has 0 aliphatic carbocycles. The minimum atomic E-state index is -1.05. The molecule has 0 saturated carbocycles. The molecular formula is C13H20N2O5. The van der Waals surface area contributed by atoms with E-state index < -0.39 is 18.0 Å². The van der Waals surface area contributed by atoms with E-state index >= 15 is 0 Å². The lowest BCUT2D eigenvalue weighted by atomic mass is 10.1. The number of carbonyl (C=O) groups is 2. The smallest absolute Gasteiger partial charge is 0.326 e. The normalized spacial score (nSPS) is 11.8. The van der Waals surface area contributed by atoms with Crippen molar-refractivity contribution >= 4 is 12.0 Å². The summed E-state index contributed by atoms with van der Waals surface area (Å²) in [6.45, 7) is 0.843. The maximum atomic E-state index is 11.6. The van der Waals surface area contributed by atoms with Crippen molar-refractivity contribution < 1.29 is 23.8 Å². The fourth-order valence-corrected chi connectivity index (χ4v) is 1.65. The van der Waals surface area contributed by atoms with Gasteiger partial charge in [-0.15, -0.1) is 0 Å². The third-order valence-electron chi connectivity index (χ3n) is 2.68. The standard InChI is InChI=1S/C13H20N2O5/c1-19-8-3-5-11(12(16)17)15-13(18)14-7-6-10-4-2-9-20-10/h2,4,9,11H,3,5-8H2,1H3,(H,16,17)(H2,14,15,18). The van der Waals surface area contributed by atoms with Crippen LogP contribution in [0.1, 0.15) is 18.6 Å². The molecule has 0 fully saturated rings. The molecule has 20 heavy (non-hydrogen) atoms. The molecule has 0 aromatic carbocycles. The van der Waals surface area contributed by atoms with Crippen molar-refractivity contribution in [3.05, 3.63) is 24.2 Å². The lowest BCUT2D eigenvalue weighted by Gasteiger charge is -2.14. The summed E-state index contributed by atoms with van der Waals surface area (Å²) < 4.78 is 9.97. The van der Waals surface area contributed by atoms with Gasteiger partial charge in [-0.3, -0.25) is 0 Å². The number of nitrogens with one attached hydrogen (secondary N) is 2. The molecule has 1 heterocycles. The molecule has 112 valence electrons. The molecule has 7 nitrogen and oxygen atoms in total. The van der Waals surface area contributed by atoms with Crippen LogP contribution < -0.4 is 10.6 Å². The topological polar surface area (TPSA) is 101 Å². The summed E-state index contributed by atoms with van der Waals surface area (Å²) in [6.07, 6.45) is 3.02. The molecule has 0 saturated heterocycles. The summed E-state index contributed by atoms with van der Waals surface area (Å²) in [5, 5.41) is 14.0. The maximum absolute atomic E-state index is 11.6. The van der Waals surface area contributed by atoms with Gasteiger partial charge in [0.05, 0.1) is 6.26 Å². The van der Waals surface area contributed by atoms with Crippen LogP contribution in [-0.2, 0) is 16.0 Å². The predicted molar refractivity (Wildman–Crippen MR) is 71.5 cm³/mol. The second-order valence-corrected chi connectivity index (χ2v) is 4.26. The highest BCUT2D eigenvalue weighted by molar-refractivity contribution is 5.82. The van der Waals surface area contributed by atoms with E-state index in [9.17, 15) is 9.59 Å². The zero-order valence-corrected chi connectivity index (χ0v) is 11.4. The molecule has 7 heteroatoms. The summed E-state index contributed by atoms with van der Waals surface area (Å²) >= 11 is 0. The number of hydrogen-bond donors (Lipinski definition) is 3. The number of ether oxygens (including phenoxy) is 1. The molecule has 0 aliphatic heterocycles. The van der Waals surface area contributed by atoms with Crippen LogP contribution in [0.15, 0.2) is 22.8 Å². The van der Waals surface area contributed by atoms with Gasteiger partial charge in [0.15, 0.2) is 0 Å². The Kier molecular flexibility index (Phi) is 7.20. The van der Waals surface area contributed by atoms with Gasteiger partial charge < -0.3 is 24.9 Å². The predicted octanol–water partition coefficient (Wildman–Crippen LogP) is 1.00. The molecule has 0 spiro atoms. The van der Waals surface area contributed by atoms with Crippen LogP contribution in [0.4, 0.5) is 4.79 Å². The van der Waals surface area contributed by atoms with E-state index in [0.29, 0.717) is 32.4 Å². The van der Waals surface area contributed by atoms with Gasteiger partial charge in [-0.05, 0) is 25.0 Å². The molecular weight excluding hydrogens is 264 g/mol. The molecule has 0 aliphatic rings. The van der Waals surface area contributed by atoms with Crippen LogP contribution in [-0.4, -0.2) is 43.4 Å². The minimum absolute atomic E-state index is 0.328. The fraction of sp³-hybridized carbons (Fsp3) is 0.538. The number of carboxylic acids is 1. The quantitative estimate of drug-likeness (QED) is 0.587. The molecule has 1 aromatic rings. The van der Waals surface area contributed by atoms with Gasteiger partial charge >= 0.3 is 12.0 Å². The van der Waals surface area contributed by atoms with Gasteiger partial charge in [0.25, 0.3) is 0 Å². The highest BCUT2D eigenvalue weighted by Gasteiger charge is 2.19. The third-order valence-corrected chi connectivity index (χ3v) is 2.68. The van der Waals surface area contributed by atoms with Crippen LogP contribution >= 0.6 is 0 Å². The number of furan rings is 1. The van der Waals surface area contributed by atoms with Crippen molar-refractivity contribution in [3.8, 4) is 0 Å². The molecule has 1 aromatic heterocycles. The van der Waals surface area contributed by atoms with Crippen molar-refractivity contribution in [1.82, 2.24) is 10.6 Å². The first-order valence-electron chi connectivity index (χ1n) is 6.42. The Bertz CT molecular complexity index is 405. The first-order chi connectivity index (χ1) is 9.63. The summed E-state index contributed by atoms with van der Waals surface area (Å²) in [5.74, 6) is -0.289. The number of carboxylic acid groups (broad SMARTS) is 1. The van der Waals surface area contributed by atoms with Crippen molar-refractivity contribution in [3.63, 3.8) is 0 Å². The Morgan fingerprint density at radius 2 is 2.30 bits per heavy atom. The van der Waals surface area contributed by atoms with Crippen LogP contribution in [0.25, 0.3) is 0 Å². The van der Waals surface area contributed by atoms with Gasteiger partial charge in [0.1, 0.15) is 11.8 Å². The van der Waals surface area contributed by atoms with Crippen LogP contribution in [0.3, 0.4) is 0 Å². The molecule has 0 bridgehead atoms. The largest absolute Gasteiger partial charge is 0.480 e. The summed E-state index contributed by atoms with van der Waals surface area (Å²) in [4.78, 5) is 22.6. The van der Waals surface area contributed by atoms with E-state index in [4.69, 9.17) is 14.3 Å². The van der Waals surface area contributed by atoms with E-state index in [1.807, 2.05) is 6.07 Å². The first-order valence-corrected chi connectivity index (χ1v) is 6.42. The SMILES string of the molecule is COCCCC(NC(=O)NCCc1ccco1)C(=O)O. The van der Waals surface area contributed by atoms with Crippen molar-refractivity contribution in [2.75, 3.05) is 20.3 Å². The van der Waals surface area contributed by atoms with E-state index in [-0.39, 0.29) is 0 Å². The second-order valence-electron chi connectivity index (χ2n) is 4.26. The van der Waals surface area contributed by atoms with Gasteiger partial charge in [0, 0.05) is 26.7 Å². The third kappa shape index (κ3) is 6.24. The summed E-state index contributed by atoms with van der Waals surface area (Å²) in [7, 11) is 1.55. The lowest BCUT2D eigenvalue weighted by Crippen LogP contribution is -2.46. The Labute approximate surface area is 117 Å². The summed E-state index contributed by atoms with van der Waals surface area (Å²) in [5.41, 5.74) is 0. The first kappa shape index (κ1) is 16.0. The maximum Gasteiger partial charge on any atom is 0.326 e. The second kappa shape index (κ2) is 8.98. The highest BCUT2D eigenvalue weighted by atomic mass is 16.5. The average molecular weight is 284 g/mol. The number of hydrogen-bond acceptors (Lipinski definition) is 4. The molecule has 2 amide bonds. The molecule has 3 N–H and O–H groups in total. The Morgan fingerprint density at radius 1 is 1.50 bits per heavy atom. The Hall–Kier alpha value is -2.02. The van der Waals surface area contributed by atoms with E-state index in [1.54, 1.807) is 19.4 Å². The van der Waals surface area contributed by atoms with Gasteiger partial charge in [-0.2, -0.15) is 0 Å². The van der Waals surface area contributed by atoms with Crippen LogP contribution in [0.2, 0.25) is 0 Å². The Morgan fingerprint density at radius 3 is 2.90 bits per heavy atom. The van der Waals surface area contributed by atoms with E-state index in [2.05, 4.69) is 10.6 Å². The number of amides is 2. The number of urea groups is 1. The fourth-order valence-electron chi connectivity index (χ4n) is 1.65. The molecule has 0 radical (unpaired) electrons. The molecule has 1 unspecified atom stereocenters. The van der Waals surface area contributed by atoms with Crippen molar-refractivity contribution in [2.24, 2.45) is 0 Å². The van der Waals surface area contributed by atoms with Gasteiger partial charge in [0.2, 0.25) is 0 Å². The van der Waals surface area contributed by atoms with E-state index in [1.165, 1.54) is 0 Å². The Balaban J connectivity index is 2.24. The van der Waals surface area contributed by atoms with Crippen LogP contribution in [0, 0.1) is 0 Å². The zero-order valence-electron chi connectivity index (χ0n) is 11.4. The van der Waals surface area contributed by atoms with Crippen molar-refractivity contribution in [1.29, 1.82) is 0 Å². The monoisotopic (exact) mass is 284 g/mol. The van der Waals surface area contributed by atoms with Crippen LogP contribution in [0.5, 0.6) is 0 Å². The number of rotatable bonds is 9. The number of methoxy groups -OCH3 is 1. The summed E-state index contributed by atoms with van der Waals surface area (Å²) in [6, 6.07) is 2.17. The highest BCUT2D eigenvalue weighted by Crippen LogP contribution is 2.00. The minimum Gasteiger partial charge on any atom is -0.480 e. The lowest BCUT2D eigenvalue weighted by molar-refractivity contribution is -0.139. The number of carbonyl (C=O) groups excluding carboxylic acids is 1.